The van der Waals surface area contributed by atoms with Crippen LogP contribution in [0.5, 0.6) is 11.5 Å². The number of hydrogen-bond acceptors (Lipinski definition) is 3. The Morgan fingerprint density at radius 3 is 2.56 bits per heavy atom. The minimum absolute atomic E-state index is 0.00796. The van der Waals surface area contributed by atoms with Crippen LogP contribution in [0.25, 0.3) is 0 Å². The number of aryl methyl sites for hydroxylation is 1. The van der Waals surface area contributed by atoms with E-state index in [-0.39, 0.29) is 11.5 Å². The summed E-state index contributed by atoms with van der Waals surface area (Å²) in [7, 11) is 0. The van der Waals surface area contributed by atoms with Crippen LogP contribution in [-0.2, 0) is 6.42 Å². The number of phenolic OH excluding ortho intramolecular Hbond substituents is 2. The molecule has 1 rings (SSSR count). The van der Waals surface area contributed by atoms with Crippen LogP contribution in [0.1, 0.15) is 48.5 Å². The molecular formula is C13H18O3. The molecule has 0 aliphatic heterocycles. The molecule has 0 radical (unpaired) electrons. The van der Waals surface area contributed by atoms with Gasteiger partial charge in [0.2, 0.25) is 0 Å². The molecule has 0 aliphatic rings. The Morgan fingerprint density at radius 2 is 1.94 bits per heavy atom. The van der Waals surface area contributed by atoms with E-state index in [4.69, 9.17) is 0 Å². The van der Waals surface area contributed by atoms with Crippen molar-refractivity contribution in [1.82, 2.24) is 0 Å². The van der Waals surface area contributed by atoms with Crippen LogP contribution in [0.4, 0.5) is 0 Å². The molecule has 2 N–H and O–H groups in total. The smallest absolute Gasteiger partial charge is 0.154 e. The van der Waals surface area contributed by atoms with E-state index >= 15 is 0 Å². The van der Waals surface area contributed by atoms with Crippen LogP contribution >= 0.6 is 0 Å². The summed E-state index contributed by atoms with van der Waals surface area (Å²) in [5.41, 5.74) is 1.03. The maximum Gasteiger partial charge on any atom is 0.154 e. The maximum atomic E-state index is 10.8. The third-order valence-corrected chi connectivity index (χ3v) is 2.65. The van der Waals surface area contributed by atoms with Crippen molar-refractivity contribution < 1.29 is 15.0 Å². The Hall–Kier alpha value is -1.51. The van der Waals surface area contributed by atoms with Crippen molar-refractivity contribution in [3.8, 4) is 11.5 Å². The highest BCUT2D eigenvalue weighted by atomic mass is 16.3. The molecule has 1 aromatic carbocycles. The Morgan fingerprint density at radius 1 is 1.19 bits per heavy atom. The van der Waals surface area contributed by atoms with Gasteiger partial charge in [0, 0.05) is 6.07 Å². The lowest BCUT2D eigenvalue weighted by Gasteiger charge is -2.07. The molecule has 0 saturated heterocycles. The van der Waals surface area contributed by atoms with Crippen molar-refractivity contribution in [3.63, 3.8) is 0 Å². The molecule has 0 atom stereocenters. The molecule has 88 valence electrons. The Bertz CT molecular complexity index is 358. The van der Waals surface area contributed by atoms with Gasteiger partial charge in [0.15, 0.2) is 6.29 Å². The number of aromatic hydroxyl groups is 2. The van der Waals surface area contributed by atoms with E-state index < -0.39 is 0 Å². The van der Waals surface area contributed by atoms with Gasteiger partial charge in [-0.1, -0.05) is 26.2 Å². The summed E-state index contributed by atoms with van der Waals surface area (Å²) in [6.07, 6.45) is 5.76. The Labute approximate surface area is 95.7 Å². The van der Waals surface area contributed by atoms with E-state index in [0.717, 1.165) is 31.2 Å². The van der Waals surface area contributed by atoms with Crippen LogP contribution in [0.2, 0.25) is 0 Å². The van der Waals surface area contributed by atoms with E-state index in [1.165, 1.54) is 12.5 Å². The summed E-state index contributed by atoms with van der Waals surface area (Å²) in [6, 6.07) is 2.74. The van der Waals surface area contributed by atoms with Gasteiger partial charge >= 0.3 is 0 Å². The quantitative estimate of drug-likeness (QED) is 0.574. The van der Waals surface area contributed by atoms with E-state index in [1.54, 1.807) is 6.07 Å². The molecule has 0 aliphatic carbocycles. The molecule has 3 nitrogen and oxygen atoms in total. The predicted octanol–water partition coefficient (Wildman–Crippen LogP) is 3.03. The number of aldehydes is 1. The summed E-state index contributed by atoms with van der Waals surface area (Å²) < 4.78 is 0. The van der Waals surface area contributed by atoms with Gasteiger partial charge in [0.1, 0.15) is 11.5 Å². The number of rotatable bonds is 6. The van der Waals surface area contributed by atoms with Crippen LogP contribution in [0.15, 0.2) is 12.1 Å². The highest BCUT2D eigenvalue weighted by Gasteiger charge is 2.09. The third-order valence-electron chi connectivity index (χ3n) is 2.65. The predicted molar refractivity (Wildman–Crippen MR) is 63.0 cm³/mol. The molecule has 0 aromatic heterocycles. The van der Waals surface area contributed by atoms with Gasteiger partial charge in [-0.2, -0.15) is 0 Å². The summed E-state index contributed by atoms with van der Waals surface area (Å²) in [5, 5.41) is 18.8. The van der Waals surface area contributed by atoms with Crippen molar-refractivity contribution in [2.75, 3.05) is 0 Å². The van der Waals surface area contributed by atoms with Gasteiger partial charge in [-0.3, -0.25) is 4.79 Å². The summed E-state index contributed by atoms with van der Waals surface area (Å²) >= 11 is 0. The maximum absolute atomic E-state index is 10.8. The third kappa shape index (κ3) is 3.26. The lowest BCUT2D eigenvalue weighted by Crippen LogP contribution is -1.94. The van der Waals surface area contributed by atoms with Crippen LogP contribution in [-0.4, -0.2) is 16.5 Å². The van der Waals surface area contributed by atoms with Crippen molar-refractivity contribution in [2.24, 2.45) is 0 Å². The molecule has 0 bridgehead atoms. The van der Waals surface area contributed by atoms with Gasteiger partial charge in [-0.25, -0.2) is 0 Å². The molecule has 0 amide bonds. The Kier molecular flexibility index (Phi) is 4.83. The zero-order valence-corrected chi connectivity index (χ0v) is 9.57. The van der Waals surface area contributed by atoms with Gasteiger partial charge < -0.3 is 10.2 Å². The molecular weight excluding hydrogens is 204 g/mol. The first kappa shape index (κ1) is 12.6. The topological polar surface area (TPSA) is 57.5 Å². The van der Waals surface area contributed by atoms with Crippen molar-refractivity contribution >= 4 is 6.29 Å². The van der Waals surface area contributed by atoms with E-state index in [1.807, 2.05) is 0 Å². The second-order valence-corrected chi connectivity index (χ2v) is 3.97. The zero-order chi connectivity index (χ0) is 12.0. The minimum Gasteiger partial charge on any atom is -0.508 e. The van der Waals surface area contributed by atoms with Crippen molar-refractivity contribution in [3.05, 3.63) is 23.3 Å². The second-order valence-electron chi connectivity index (χ2n) is 3.97. The van der Waals surface area contributed by atoms with E-state index in [0.29, 0.717) is 11.8 Å². The van der Waals surface area contributed by atoms with Gasteiger partial charge in [-0.15, -0.1) is 0 Å². The SMILES string of the molecule is CCCCCCc1cc(O)cc(O)c1C=O. The average Bonchev–Trinajstić information content (AvgIpc) is 2.24. The minimum atomic E-state index is -0.138. The number of carbonyl (C=O) groups is 1. The van der Waals surface area contributed by atoms with E-state index in [2.05, 4.69) is 6.92 Å². The zero-order valence-electron chi connectivity index (χ0n) is 9.57. The fraction of sp³-hybridized carbons (Fsp3) is 0.462. The lowest BCUT2D eigenvalue weighted by atomic mass is 10.0. The first-order chi connectivity index (χ1) is 7.69. The molecule has 0 spiro atoms. The number of hydrogen-bond donors (Lipinski definition) is 2. The van der Waals surface area contributed by atoms with Crippen LogP contribution in [0.3, 0.4) is 0 Å². The number of unbranched alkanes of at least 4 members (excludes halogenated alkanes) is 3. The molecule has 3 heteroatoms. The van der Waals surface area contributed by atoms with E-state index in [9.17, 15) is 15.0 Å². The fourth-order valence-corrected chi connectivity index (χ4v) is 1.77. The Balaban J connectivity index is 2.73. The van der Waals surface area contributed by atoms with Crippen LogP contribution < -0.4 is 0 Å². The largest absolute Gasteiger partial charge is 0.508 e. The highest BCUT2D eigenvalue weighted by molar-refractivity contribution is 5.82. The van der Waals surface area contributed by atoms with Crippen LogP contribution in [0, 0.1) is 0 Å². The molecule has 0 unspecified atom stereocenters. The molecule has 1 aromatic rings. The molecule has 0 saturated carbocycles. The summed E-state index contributed by atoms with van der Waals surface area (Å²) in [4.78, 5) is 10.8. The number of phenols is 2. The monoisotopic (exact) mass is 222 g/mol. The standard InChI is InChI=1S/C13H18O3/c1-2-3-4-5-6-10-7-11(15)8-13(16)12(10)9-14/h7-9,15-16H,2-6H2,1H3. The van der Waals surface area contributed by atoms with Gasteiger partial charge in [0.05, 0.1) is 5.56 Å². The molecule has 0 heterocycles. The van der Waals surface area contributed by atoms with Crippen molar-refractivity contribution in [2.45, 2.75) is 39.0 Å². The van der Waals surface area contributed by atoms with Gasteiger partial charge in [0.25, 0.3) is 0 Å². The summed E-state index contributed by atoms with van der Waals surface area (Å²) in [6.45, 7) is 2.14. The average molecular weight is 222 g/mol. The second kappa shape index (κ2) is 6.16. The highest BCUT2D eigenvalue weighted by Crippen LogP contribution is 2.27. The fourth-order valence-electron chi connectivity index (χ4n) is 1.77. The lowest BCUT2D eigenvalue weighted by molar-refractivity contribution is 0.112. The first-order valence-electron chi connectivity index (χ1n) is 5.69. The normalized spacial score (nSPS) is 10.3. The molecule has 0 fully saturated rings. The van der Waals surface area contributed by atoms with Gasteiger partial charge in [-0.05, 0) is 24.5 Å². The van der Waals surface area contributed by atoms with Crippen molar-refractivity contribution in [1.29, 1.82) is 0 Å². The number of benzene rings is 1. The molecule has 16 heavy (non-hydrogen) atoms. The summed E-state index contributed by atoms with van der Waals surface area (Å²) in [5.74, 6) is -0.130. The number of carbonyl (C=O) groups excluding carboxylic acids is 1. The first-order valence-corrected chi connectivity index (χ1v) is 5.69.